The van der Waals surface area contributed by atoms with E-state index in [-0.39, 0.29) is 17.2 Å². The number of hydrogen-bond acceptors (Lipinski definition) is 0. The number of alkyl halides is 3. The molecule has 1 aliphatic carbocycles. The minimum Gasteiger partial charge on any atom is -0.206 e. The predicted molar refractivity (Wildman–Crippen MR) is 125 cm³/mol. The molecule has 0 atom stereocenters. The fourth-order valence-electron chi connectivity index (χ4n) is 4.89. The first-order valence-corrected chi connectivity index (χ1v) is 12.2. The summed E-state index contributed by atoms with van der Waals surface area (Å²) in [5.74, 6) is -1.47. The van der Waals surface area contributed by atoms with E-state index in [9.17, 15) is 26.3 Å². The van der Waals surface area contributed by atoms with Gasteiger partial charge < -0.3 is 0 Å². The maximum Gasteiger partial charge on any atom is 0.409 e. The largest absolute Gasteiger partial charge is 0.409 e. The molecule has 0 radical (unpaired) electrons. The van der Waals surface area contributed by atoms with Gasteiger partial charge in [0.1, 0.15) is 17.5 Å². The van der Waals surface area contributed by atoms with Gasteiger partial charge in [-0.3, -0.25) is 0 Å². The molecule has 1 saturated carbocycles. The first-order chi connectivity index (χ1) is 16.2. The zero-order chi connectivity index (χ0) is 24.7. The van der Waals surface area contributed by atoms with Crippen molar-refractivity contribution in [3.63, 3.8) is 0 Å². The van der Waals surface area contributed by atoms with E-state index in [4.69, 9.17) is 0 Å². The summed E-state index contributed by atoms with van der Waals surface area (Å²) in [6, 6.07) is 6.34. The summed E-state index contributed by atoms with van der Waals surface area (Å²) in [6.45, 7) is 2.22. The molecule has 0 saturated heterocycles. The molecular weight excluding hydrogens is 450 g/mol. The van der Waals surface area contributed by atoms with Crippen LogP contribution in [0, 0.1) is 29.3 Å². The second kappa shape index (κ2) is 11.9. The third-order valence-corrected chi connectivity index (χ3v) is 6.89. The molecule has 0 bridgehead atoms. The lowest BCUT2D eigenvalue weighted by molar-refractivity contribution is -0.0790. The summed E-state index contributed by atoms with van der Waals surface area (Å²) in [6.07, 6.45) is 7.32. The molecular formula is C28H32F6. The van der Waals surface area contributed by atoms with Gasteiger partial charge in [-0.05, 0) is 60.1 Å². The van der Waals surface area contributed by atoms with Gasteiger partial charge in [-0.2, -0.15) is 13.2 Å². The van der Waals surface area contributed by atoms with Gasteiger partial charge in [0.2, 0.25) is 0 Å². The topological polar surface area (TPSA) is 0 Å². The second-order valence-corrected chi connectivity index (χ2v) is 9.46. The Kier molecular flexibility index (Phi) is 9.26. The molecule has 1 fully saturated rings. The second-order valence-electron chi connectivity index (χ2n) is 9.46. The highest BCUT2D eigenvalue weighted by molar-refractivity contribution is 5.67. The van der Waals surface area contributed by atoms with Gasteiger partial charge in [0.05, 0.1) is 0 Å². The van der Waals surface area contributed by atoms with Gasteiger partial charge in [0.25, 0.3) is 0 Å². The van der Waals surface area contributed by atoms with Crippen molar-refractivity contribution in [3.8, 4) is 11.1 Å². The molecule has 2 aromatic carbocycles. The Morgan fingerprint density at radius 1 is 0.824 bits per heavy atom. The van der Waals surface area contributed by atoms with Crippen LogP contribution < -0.4 is 0 Å². The van der Waals surface area contributed by atoms with Crippen LogP contribution in [0.15, 0.2) is 36.4 Å². The van der Waals surface area contributed by atoms with Gasteiger partial charge in [-0.1, -0.05) is 70.4 Å². The van der Waals surface area contributed by atoms with Crippen molar-refractivity contribution in [2.75, 3.05) is 0 Å². The van der Waals surface area contributed by atoms with Gasteiger partial charge in [0.15, 0.2) is 0 Å². The predicted octanol–water partition coefficient (Wildman–Crippen LogP) is 9.67. The number of aryl methyl sites for hydroxylation is 1. The molecule has 0 nitrogen and oxygen atoms in total. The van der Waals surface area contributed by atoms with Crippen molar-refractivity contribution < 1.29 is 26.3 Å². The van der Waals surface area contributed by atoms with Crippen LogP contribution in [0.2, 0.25) is 0 Å². The van der Waals surface area contributed by atoms with Crippen LogP contribution in [-0.2, 0) is 6.42 Å². The quantitative estimate of drug-likeness (QED) is 0.246. The standard InChI is InChI=1S/C28H32F6/c1-2-3-4-5-19-6-8-20(9-7-19)10-11-21-12-13-23(25(29)16-21)22-17-26(30)24(27(31)18-22)14-15-28(32,33)34/h12-20H,2-11H2,1H3. The number of allylic oxidation sites excluding steroid dienone is 1. The van der Waals surface area contributed by atoms with E-state index < -0.39 is 29.2 Å². The van der Waals surface area contributed by atoms with E-state index >= 15 is 0 Å². The molecule has 0 N–H and O–H groups in total. The molecule has 2 aromatic rings. The van der Waals surface area contributed by atoms with Gasteiger partial charge in [0, 0.05) is 17.2 Å². The van der Waals surface area contributed by atoms with Gasteiger partial charge in [-0.25, -0.2) is 13.2 Å². The van der Waals surface area contributed by atoms with E-state index in [2.05, 4.69) is 6.92 Å². The lowest BCUT2D eigenvalue weighted by Crippen LogP contribution is -2.15. The molecule has 186 valence electrons. The van der Waals surface area contributed by atoms with Crippen molar-refractivity contribution in [2.45, 2.75) is 77.3 Å². The molecule has 0 amide bonds. The Bertz CT molecular complexity index is 944. The highest BCUT2D eigenvalue weighted by atomic mass is 19.4. The van der Waals surface area contributed by atoms with Crippen LogP contribution >= 0.6 is 0 Å². The van der Waals surface area contributed by atoms with Crippen LogP contribution in [0.25, 0.3) is 17.2 Å². The third-order valence-electron chi connectivity index (χ3n) is 6.89. The average Bonchev–Trinajstić information content (AvgIpc) is 2.77. The summed E-state index contributed by atoms with van der Waals surface area (Å²) < 4.78 is 80.2. The molecule has 0 aliphatic heterocycles. The Balaban J connectivity index is 1.60. The summed E-state index contributed by atoms with van der Waals surface area (Å²) in [7, 11) is 0. The highest BCUT2D eigenvalue weighted by Gasteiger charge is 2.23. The minimum absolute atomic E-state index is 0.0143. The zero-order valence-corrected chi connectivity index (χ0v) is 19.5. The summed E-state index contributed by atoms with van der Waals surface area (Å²) in [5, 5.41) is 0. The van der Waals surface area contributed by atoms with Crippen molar-refractivity contribution >= 4 is 6.08 Å². The van der Waals surface area contributed by atoms with Crippen molar-refractivity contribution in [2.24, 2.45) is 11.8 Å². The monoisotopic (exact) mass is 482 g/mol. The molecule has 6 heteroatoms. The minimum atomic E-state index is -4.69. The molecule has 1 aliphatic rings. The maximum absolute atomic E-state index is 14.8. The zero-order valence-electron chi connectivity index (χ0n) is 19.5. The number of unbranched alkanes of at least 4 members (excludes halogenated alkanes) is 2. The molecule has 0 spiro atoms. The fraction of sp³-hybridized carbons (Fsp3) is 0.500. The summed E-state index contributed by atoms with van der Waals surface area (Å²) in [4.78, 5) is 0. The van der Waals surface area contributed by atoms with Crippen LogP contribution in [-0.4, -0.2) is 6.18 Å². The summed E-state index contributed by atoms with van der Waals surface area (Å²) >= 11 is 0. The first-order valence-electron chi connectivity index (χ1n) is 12.2. The number of rotatable bonds is 9. The number of benzene rings is 2. The Morgan fingerprint density at radius 3 is 2.00 bits per heavy atom. The van der Waals surface area contributed by atoms with Gasteiger partial charge >= 0.3 is 6.18 Å². The fourth-order valence-corrected chi connectivity index (χ4v) is 4.89. The first kappa shape index (κ1) is 26.4. The normalized spacial score (nSPS) is 19.1. The van der Waals surface area contributed by atoms with E-state index in [0.29, 0.717) is 12.0 Å². The van der Waals surface area contributed by atoms with E-state index in [0.717, 1.165) is 36.5 Å². The lowest BCUT2D eigenvalue weighted by atomic mass is 9.78. The number of halogens is 6. The Hall–Kier alpha value is -2.24. The van der Waals surface area contributed by atoms with Gasteiger partial charge in [-0.15, -0.1) is 0 Å². The average molecular weight is 483 g/mol. The molecule has 3 rings (SSSR count). The molecule has 0 heterocycles. The van der Waals surface area contributed by atoms with E-state index in [1.165, 1.54) is 63.5 Å². The lowest BCUT2D eigenvalue weighted by Gasteiger charge is -2.28. The molecule has 34 heavy (non-hydrogen) atoms. The van der Waals surface area contributed by atoms with E-state index in [1.807, 2.05) is 0 Å². The Morgan fingerprint density at radius 2 is 1.44 bits per heavy atom. The summed E-state index contributed by atoms with van der Waals surface area (Å²) in [5.41, 5.74) is -0.0136. The maximum atomic E-state index is 14.8. The Labute approximate surface area is 198 Å². The number of hydrogen-bond donors (Lipinski definition) is 0. The van der Waals surface area contributed by atoms with Crippen LogP contribution in [0.4, 0.5) is 26.3 Å². The van der Waals surface area contributed by atoms with Crippen molar-refractivity contribution in [1.82, 2.24) is 0 Å². The van der Waals surface area contributed by atoms with Crippen LogP contribution in [0.1, 0.15) is 75.8 Å². The SMILES string of the molecule is CCCCCC1CCC(CCc2ccc(-c3cc(F)c(C=CC(F)(F)F)c(F)c3)c(F)c2)CC1. The van der Waals surface area contributed by atoms with E-state index in [1.54, 1.807) is 6.07 Å². The smallest absolute Gasteiger partial charge is 0.206 e. The highest BCUT2D eigenvalue weighted by Crippen LogP contribution is 2.35. The molecule has 0 aromatic heterocycles. The van der Waals surface area contributed by atoms with Crippen molar-refractivity contribution in [1.29, 1.82) is 0 Å². The third kappa shape index (κ3) is 7.64. The van der Waals surface area contributed by atoms with Crippen LogP contribution in [0.3, 0.4) is 0 Å². The van der Waals surface area contributed by atoms with Crippen LogP contribution in [0.5, 0.6) is 0 Å². The molecule has 0 unspecified atom stereocenters. The van der Waals surface area contributed by atoms with Crippen molar-refractivity contribution in [3.05, 3.63) is 65.0 Å².